The van der Waals surface area contributed by atoms with Crippen LogP contribution in [0.5, 0.6) is 0 Å². The molecule has 0 aliphatic heterocycles. The summed E-state index contributed by atoms with van der Waals surface area (Å²) in [7, 11) is 4.63. The van der Waals surface area contributed by atoms with Crippen LogP contribution in [-0.2, 0) is 11.3 Å². The van der Waals surface area contributed by atoms with Crippen LogP contribution < -0.4 is 10.6 Å². The molecular weight excluding hydrogens is 398 g/mol. The number of hydrogen-bond donors (Lipinski definition) is 2. The topological polar surface area (TPSA) is 88.5 Å². The number of carbonyl (C=O) groups is 2. The first-order valence-electron chi connectivity index (χ1n) is 8.67. The van der Waals surface area contributed by atoms with E-state index in [4.69, 9.17) is 17.0 Å². The molecule has 2 aromatic heterocycles. The first kappa shape index (κ1) is 21.8. The van der Waals surface area contributed by atoms with Crippen molar-refractivity contribution in [1.29, 1.82) is 0 Å². The van der Waals surface area contributed by atoms with E-state index < -0.39 is 5.97 Å². The van der Waals surface area contributed by atoms with E-state index in [0.29, 0.717) is 26.1 Å². The molecule has 1 amide bonds. The maximum atomic E-state index is 12.4. The number of rotatable bonds is 5. The molecular formula is C18H25N5O3S2. The lowest BCUT2D eigenvalue weighted by Gasteiger charge is -2.11. The van der Waals surface area contributed by atoms with Gasteiger partial charge in [-0.15, -0.1) is 11.3 Å². The van der Waals surface area contributed by atoms with Gasteiger partial charge < -0.3 is 20.3 Å². The van der Waals surface area contributed by atoms with Gasteiger partial charge in [-0.05, 0) is 45.5 Å². The van der Waals surface area contributed by atoms with Crippen LogP contribution in [0.4, 0.5) is 10.7 Å². The Balaban J connectivity index is 2.36. The fourth-order valence-electron chi connectivity index (χ4n) is 2.79. The summed E-state index contributed by atoms with van der Waals surface area (Å²) in [5, 5.41) is 11.4. The van der Waals surface area contributed by atoms with Gasteiger partial charge in [0.05, 0.1) is 34.6 Å². The number of hydrogen-bond acceptors (Lipinski definition) is 6. The summed E-state index contributed by atoms with van der Waals surface area (Å²) in [6.45, 7) is 8.34. The third-order valence-corrected chi connectivity index (χ3v) is 5.68. The van der Waals surface area contributed by atoms with E-state index in [2.05, 4.69) is 15.7 Å². The average molecular weight is 424 g/mol. The fourth-order valence-corrected chi connectivity index (χ4v) is 4.28. The van der Waals surface area contributed by atoms with Crippen molar-refractivity contribution < 1.29 is 14.3 Å². The fraction of sp³-hybridized carbons (Fsp3) is 0.444. The Hall–Kier alpha value is -2.46. The molecule has 0 unspecified atom stereocenters. The SMILES string of the molecule is CCn1nc(C)c(NC(=S)Nc2sc(C(=O)N(C)C)c(C)c2C(=O)OC)c1C. The number of nitrogens with one attached hydrogen (secondary N) is 2. The monoisotopic (exact) mass is 423 g/mol. The van der Waals surface area contributed by atoms with Gasteiger partial charge in [-0.3, -0.25) is 9.48 Å². The van der Waals surface area contributed by atoms with E-state index in [-0.39, 0.29) is 5.91 Å². The van der Waals surface area contributed by atoms with Gasteiger partial charge >= 0.3 is 5.97 Å². The van der Waals surface area contributed by atoms with Crippen LogP contribution in [0.1, 0.15) is 43.9 Å². The standard InChI is InChI=1S/C18H25N5O3S2/c1-8-23-11(4)13(10(3)21-23)19-18(27)20-15-12(17(25)26-7)9(2)14(28-15)16(24)22(5)6/h8H2,1-7H3,(H2,19,20,27). The molecule has 0 radical (unpaired) electrons. The summed E-state index contributed by atoms with van der Waals surface area (Å²) in [6.07, 6.45) is 0. The number of esters is 1. The summed E-state index contributed by atoms with van der Waals surface area (Å²) in [5.74, 6) is -0.710. The van der Waals surface area contributed by atoms with E-state index >= 15 is 0 Å². The molecule has 2 heterocycles. The van der Waals surface area contributed by atoms with Gasteiger partial charge in [-0.1, -0.05) is 0 Å². The van der Waals surface area contributed by atoms with Crippen molar-refractivity contribution in [2.24, 2.45) is 0 Å². The molecule has 2 N–H and O–H groups in total. The van der Waals surface area contributed by atoms with Crippen LogP contribution >= 0.6 is 23.6 Å². The maximum Gasteiger partial charge on any atom is 0.341 e. The van der Waals surface area contributed by atoms with E-state index in [1.165, 1.54) is 23.3 Å². The first-order chi connectivity index (χ1) is 13.1. The molecule has 2 rings (SSSR count). The van der Waals surface area contributed by atoms with Gasteiger partial charge in [0, 0.05) is 20.6 Å². The normalized spacial score (nSPS) is 10.5. The summed E-state index contributed by atoms with van der Waals surface area (Å²) in [6, 6.07) is 0. The lowest BCUT2D eigenvalue weighted by Crippen LogP contribution is -2.21. The summed E-state index contributed by atoms with van der Waals surface area (Å²) >= 11 is 6.61. The van der Waals surface area contributed by atoms with Crippen molar-refractivity contribution >= 4 is 51.2 Å². The first-order valence-corrected chi connectivity index (χ1v) is 9.90. The van der Waals surface area contributed by atoms with Crippen molar-refractivity contribution in [2.45, 2.75) is 34.2 Å². The predicted molar refractivity (Wildman–Crippen MR) is 116 cm³/mol. The highest BCUT2D eigenvalue weighted by Crippen LogP contribution is 2.34. The van der Waals surface area contributed by atoms with Crippen molar-refractivity contribution in [3.8, 4) is 0 Å². The zero-order valence-corrected chi connectivity index (χ0v) is 18.7. The molecule has 0 saturated carbocycles. The Morgan fingerprint density at radius 1 is 1.25 bits per heavy atom. The Morgan fingerprint density at radius 2 is 1.89 bits per heavy atom. The molecule has 10 heteroatoms. The number of carbonyl (C=O) groups excluding carboxylic acids is 2. The van der Waals surface area contributed by atoms with Gasteiger partial charge in [-0.2, -0.15) is 5.10 Å². The molecule has 152 valence electrons. The maximum absolute atomic E-state index is 12.4. The largest absolute Gasteiger partial charge is 0.465 e. The quantitative estimate of drug-likeness (QED) is 0.564. The Labute approximate surface area is 173 Å². The molecule has 0 aromatic carbocycles. The summed E-state index contributed by atoms with van der Waals surface area (Å²) in [5.41, 5.74) is 3.47. The second-order valence-corrected chi connectivity index (χ2v) is 7.82. The lowest BCUT2D eigenvalue weighted by molar-refractivity contribution is 0.0601. The Kier molecular flexibility index (Phi) is 6.78. The number of anilines is 2. The van der Waals surface area contributed by atoms with E-state index in [0.717, 1.165) is 23.6 Å². The number of nitrogens with zero attached hydrogens (tertiary/aromatic N) is 3. The number of methoxy groups -OCH3 is 1. The minimum atomic E-state index is -0.525. The average Bonchev–Trinajstić information content (AvgIpc) is 3.10. The van der Waals surface area contributed by atoms with Crippen LogP contribution in [0, 0.1) is 20.8 Å². The third-order valence-electron chi connectivity index (χ3n) is 4.28. The number of aryl methyl sites for hydroxylation is 2. The second kappa shape index (κ2) is 8.70. The Morgan fingerprint density at radius 3 is 2.39 bits per heavy atom. The van der Waals surface area contributed by atoms with Crippen LogP contribution in [0.3, 0.4) is 0 Å². The van der Waals surface area contributed by atoms with E-state index in [1.54, 1.807) is 21.0 Å². The molecule has 0 atom stereocenters. The minimum absolute atomic E-state index is 0.185. The Bertz CT molecular complexity index is 930. The van der Waals surface area contributed by atoms with Gasteiger partial charge in [0.25, 0.3) is 5.91 Å². The lowest BCUT2D eigenvalue weighted by atomic mass is 10.1. The zero-order chi connectivity index (χ0) is 21.2. The molecule has 0 aliphatic carbocycles. The van der Waals surface area contributed by atoms with Crippen molar-refractivity contribution in [3.05, 3.63) is 27.4 Å². The van der Waals surface area contributed by atoms with E-state index in [9.17, 15) is 9.59 Å². The molecule has 8 nitrogen and oxygen atoms in total. The van der Waals surface area contributed by atoms with Gasteiger partial charge in [0.1, 0.15) is 5.00 Å². The highest BCUT2D eigenvalue weighted by atomic mass is 32.1. The molecule has 2 aromatic rings. The van der Waals surface area contributed by atoms with Crippen LogP contribution in [0.15, 0.2) is 0 Å². The van der Waals surface area contributed by atoms with Gasteiger partial charge in [0.15, 0.2) is 5.11 Å². The molecule has 0 saturated heterocycles. The van der Waals surface area contributed by atoms with Crippen molar-refractivity contribution in [2.75, 3.05) is 31.8 Å². The van der Waals surface area contributed by atoms with Crippen LogP contribution in [-0.4, -0.2) is 52.9 Å². The molecule has 0 spiro atoms. The number of amides is 1. The number of ether oxygens (including phenoxy) is 1. The number of thiophene rings is 1. The molecule has 0 aliphatic rings. The highest BCUT2D eigenvalue weighted by molar-refractivity contribution is 7.80. The van der Waals surface area contributed by atoms with Gasteiger partial charge in [0.2, 0.25) is 0 Å². The molecule has 28 heavy (non-hydrogen) atoms. The smallest absolute Gasteiger partial charge is 0.341 e. The minimum Gasteiger partial charge on any atom is -0.465 e. The second-order valence-electron chi connectivity index (χ2n) is 6.39. The van der Waals surface area contributed by atoms with Crippen molar-refractivity contribution in [3.63, 3.8) is 0 Å². The predicted octanol–water partition coefficient (Wildman–Crippen LogP) is 3.19. The zero-order valence-electron chi connectivity index (χ0n) is 17.1. The van der Waals surface area contributed by atoms with E-state index in [1.807, 2.05) is 25.5 Å². The van der Waals surface area contributed by atoms with Gasteiger partial charge in [-0.25, -0.2) is 4.79 Å². The molecule has 0 fully saturated rings. The highest BCUT2D eigenvalue weighted by Gasteiger charge is 2.26. The number of thiocarbonyl (C=S) groups is 1. The molecule has 0 bridgehead atoms. The summed E-state index contributed by atoms with van der Waals surface area (Å²) in [4.78, 5) is 26.7. The van der Waals surface area contributed by atoms with Crippen LogP contribution in [0.2, 0.25) is 0 Å². The third kappa shape index (κ3) is 4.17. The number of aromatic nitrogens is 2. The summed E-state index contributed by atoms with van der Waals surface area (Å²) < 4.78 is 6.77. The van der Waals surface area contributed by atoms with Crippen LogP contribution in [0.25, 0.3) is 0 Å². The van der Waals surface area contributed by atoms with Crippen molar-refractivity contribution in [1.82, 2.24) is 14.7 Å².